The average molecular weight is 508 g/mol. The highest BCUT2D eigenvalue weighted by Gasteiger charge is 2.41. The van der Waals surface area contributed by atoms with Gasteiger partial charge < -0.3 is 14.4 Å². The first-order valence-corrected chi connectivity index (χ1v) is 13.1. The van der Waals surface area contributed by atoms with Crippen LogP contribution < -0.4 is 9.61 Å². The lowest BCUT2D eigenvalue weighted by atomic mass is 9.99. The molecule has 0 amide bonds. The summed E-state index contributed by atoms with van der Waals surface area (Å²) in [6.07, 6.45) is 0. The van der Waals surface area contributed by atoms with Crippen LogP contribution in [0.15, 0.2) is 54.6 Å². The Morgan fingerprint density at radius 1 is 1.15 bits per heavy atom. The zero-order valence-corrected chi connectivity index (χ0v) is 21.0. The molecule has 0 aliphatic rings. The van der Waals surface area contributed by atoms with Crippen molar-refractivity contribution in [3.63, 3.8) is 0 Å². The van der Waals surface area contributed by atoms with Crippen LogP contribution >= 0.6 is 18.9 Å². The third kappa shape index (κ3) is 6.44. The van der Waals surface area contributed by atoms with Gasteiger partial charge in [0.1, 0.15) is 16.7 Å². The van der Waals surface area contributed by atoms with Gasteiger partial charge in [0.2, 0.25) is 5.91 Å². The molecule has 3 aromatic rings. The molecule has 2 unspecified atom stereocenters. The summed E-state index contributed by atoms with van der Waals surface area (Å²) in [5, 5.41) is 12.3. The van der Waals surface area contributed by atoms with Gasteiger partial charge in [-0.25, -0.2) is 14.3 Å². The predicted molar refractivity (Wildman–Crippen MR) is 130 cm³/mol. The van der Waals surface area contributed by atoms with Crippen LogP contribution in [0.4, 0.5) is 4.39 Å². The number of thiophene rings is 1. The predicted octanol–water partition coefficient (Wildman–Crippen LogP) is 6.41. The molecular formula is C24H27FNO6PS. The van der Waals surface area contributed by atoms with Crippen LogP contribution in [-0.2, 0) is 14.1 Å². The van der Waals surface area contributed by atoms with E-state index in [9.17, 15) is 19.3 Å². The highest BCUT2D eigenvalue weighted by molar-refractivity contribution is 7.57. The number of fused-ring (bicyclic) bond motifs is 1. The van der Waals surface area contributed by atoms with E-state index in [1.165, 1.54) is 37.3 Å². The Labute approximate surface area is 201 Å². The number of ether oxygens (including phenoxy) is 1. The zero-order chi connectivity index (χ0) is 25.1. The number of aromatic carboxylic acids is 1. The minimum Gasteiger partial charge on any atom is -0.477 e. The average Bonchev–Trinajstić information content (AvgIpc) is 3.20. The van der Waals surface area contributed by atoms with Gasteiger partial charge in [0.25, 0.3) is 0 Å². The van der Waals surface area contributed by atoms with Crippen molar-refractivity contribution in [2.75, 3.05) is 6.61 Å². The van der Waals surface area contributed by atoms with E-state index in [4.69, 9.17) is 9.26 Å². The van der Waals surface area contributed by atoms with E-state index in [-0.39, 0.29) is 28.2 Å². The van der Waals surface area contributed by atoms with Crippen LogP contribution in [0.3, 0.4) is 0 Å². The van der Waals surface area contributed by atoms with Gasteiger partial charge in [0.15, 0.2) is 0 Å². The number of para-hydroxylation sites is 1. The fourth-order valence-electron chi connectivity index (χ4n) is 3.02. The van der Waals surface area contributed by atoms with E-state index >= 15 is 4.39 Å². The summed E-state index contributed by atoms with van der Waals surface area (Å²) in [4.78, 5) is 23.9. The summed E-state index contributed by atoms with van der Waals surface area (Å²) < 4.78 is 41.2. The first kappa shape index (κ1) is 25.9. The number of rotatable bonds is 9. The minimum atomic E-state index is -4.35. The summed E-state index contributed by atoms with van der Waals surface area (Å²) in [5.41, 5.74) is -0.239. The van der Waals surface area contributed by atoms with Gasteiger partial charge in [-0.1, -0.05) is 45.0 Å². The van der Waals surface area contributed by atoms with E-state index in [2.05, 4.69) is 5.09 Å². The number of alkyl halides is 1. The molecule has 0 bridgehead atoms. The minimum absolute atomic E-state index is 0.0317. The molecule has 0 aliphatic carbocycles. The molecule has 0 aliphatic heterocycles. The molecular weight excluding hydrogens is 480 g/mol. The Morgan fingerprint density at radius 3 is 2.44 bits per heavy atom. The van der Waals surface area contributed by atoms with Crippen molar-refractivity contribution in [3.05, 3.63) is 65.0 Å². The van der Waals surface area contributed by atoms with E-state index in [0.29, 0.717) is 10.1 Å². The second-order valence-corrected chi connectivity index (χ2v) is 12.2. The quantitative estimate of drug-likeness (QED) is 0.255. The largest absolute Gasteiger partial charge is 0.477 e. The Balaban J connectivity index is 1.91. The molecule has 7 nitrogen and oxygen atoms in total. The molecule has 2 N–H and O–H groups in total. The highest BCUT2D eigenvalue weighted by atomic mass is 32.1. The maximum Gasteiger partial charge on any atom is 0.355 e. The summed E-state index contributed by atoms with van der Waals surface area (Å²) >= 11 is 1.06. The lowest BCUT2D eigenvalue weighted by Gasteiger charge is -2.27. The van der Waals surface area contributed by atoms with Gasteiger partial charge in [-0.2, -0.15) is 0 Å². The summed E-state index contributed by atoms with van der Waals surface area (Å²) in [6.45, 7) is 7.27. The Kier molecular flexibility index (Phi) is 7.81. The van der Waals surface area contributed by atoms with Crippen LogP contribution in [0.2, 0.25) is 0 Å². The molecule has 1 aromatic heterocycles. The van der Waals surface area contributed by atoms with Gasteiger partial charge >= 0.3 is 19.5 Å². The van der Waals surface area contributed by atoms with Crippen LogP contribution in [0.5, 0.6) is 5.75 Å². The van der Waals surface area contributed by atoms with Crippen molar-refractivity contribution in [1.29, 1.82) is 0 Å². The third-order valence-corrected chi connectivity index (χ3v) is 7.91. The van der Waals surface area contributed by atoms with E-state index in [0.717, 1.165) is 11.3 Å². The molecule has 0 saturated carbocycles. The zero-order valence-electron chi connectivity index (χ0n) is 19.3. The van der Waals surface area contributed by atoms with E-state index in [1.807, 2.05) is 20.8 Å². The molecule has 0 radical (unpaired) electrons. The summed E-state index contributed by atoms with van der Waals surface area (Å²) in [5.74, 6) is -3.73. The Bertz CT molecular complexity index is 1220. The molecule has 3 atom stereocenters. The number of carbonyl (C=O) groups is 2. The van der Waals surface area contributed by atoms with Crippen molar-refractivity contribution < 1.29 is 32.9 Å². The van der Waals surface area contributed by atoms with Crippen molar-refractivity contribution in [3.8, 4) is 5.75 Å². The lowest BCUT2D eigenvalue weighted by molar-refractivity contribution is -0.148. The fraction of sp³-hybridized carbons (Fsp3) is 0.333. The highest BCUT2D eigenvalue weighted by Crippen LogP contribution is 2.58. The Morgan fingerprint density at radius 2 is 1.82 bits per heavy atom. The van der Waals surface area contributed by atoms with Crippen LogP contribution in [0.1, 0.15) is 48.8 Å². The molecule has 182 valence electrons. The monoisotopic (exact) mass is 507 g/mol. The fourth-order valence-corrected chi connectivity index (χ4v) is 5.81. The number of carboxylic acids is 1. The number of carboxylic acid groups (broad SMARTS) is 1. The molecule has 1 heterocycles. The second kappa shape index (κ2) is 10.3. The molecule has 34 heavy (non-hydrogen) atoms. The van der Waals surface area contributed by atoms with Crippen molar-refractivity contribution in [2.24, 2.45) is 5.41 Å². The number of carbonyl (C=O) groups excluding carboxylic acids is 1. The summed E-state index contributed by atoms with van der Waals surface area (Å²) in [6, 6.07) is 12.9. The smallest absolute Gasteiger partial charge is 0.355 e. The summed E-state index contributed by atoms with van der Waals surface area (Å²) in [7, 11) is -4.35. The van der Waals surface area contributed by atoms with Crippen molar-refractivity contribution in [2.45, 2.75) is 39.6 Å². The number of hydrogen-bond acceptors (Lipinski definition) is 6. The first-order valence-electron chi connectivity index (χ1n) is 10.6. The van der Waals surface area contributed by atoms with Gasteiger partial charge in [0, 0.05) is 4.70 Å². The topological polar surface area (TPSA) is 102 Å². The third-order valence-electron chi connectivity index (χ3n) is 4.68. The van der Waals surface area contributed by atoms with Gasteiger partial charge in [-0.3, -0.25) is 9.36 Å². The first-order chi connectivity index (χ1) is 15.9. The standard InChI is InChI=1S/C24H27FNO6PS/c1-15(23(29)31-14-24(2,3)4)26-33(30,32-18-8-6-5-7-9-18)21(25)16-10-11-19-17(12-16)13-20(34-19)22(27)28/h5-13,15,21H,14H2,1-4H3,(H,26,30)(H,27,28)/t15-,21?,33?/m0/s1. The number of hydrogen-bond donors (Lipinski definition) is 2. The van der Waals surface area contributed by atoms with Crippen molar-refractivity contribution >= 4 is 40.9 Å². The molecule has 3 rings (SSSR count). The van der Waals surface area contributed by atoms with Gasteiger partial charge in [0.05, 0.1) is 6.61 Å². The van der Waals surface area contributed by atoms with Crippen LogP contribution in [0.25, 0.3) is 10.1 Å². The van der Waals surface area contributed by atoms with Crippen LogP contribution in [-0.4, -0.2) is 29.7 Å². The maximum absolute atomic E-state index is 15.8. The Hall–Kier alpha value is -2.74. The SMILES string of the molecule is C[C@H](NP(=O)(Oc1ccccc1)C(F)c1ccc2sc(C(=O)O)cc2c1)C(=O)OCC(C)(C)C. The molecule has 0 saturated heterocycles. The normalized spacial score (nSPS) is 15.3. The maximum atomic E-state index is 15.8. The second-order valence-electron chi connectivity index (χ2n) is 9.07. The van der Waals surface area contributed by atoms with Crippen LogP contribution in [0, 0.1) is 5.41 Å². The number of halogens is 1. The molecule has 10 heteroatoms. The van der Waals surface area contributed by atoms with Gasteiger partial charge in [-0.05, 0) is 53.6 Å². The molecule has 0 spiro atoms. The molecule has 0 fully saturated rings. The lowest BCUT2D eigenvalue weighted by Crippen LogP contribution is -2.36. The number of nitrogens with one attached hydrogen (secondary N) is 1. The van der Waals surface area contributed by atoms with E-state index in [1.54, 1.807) is 24.3 Å². The number of esters is 1. The van der Waals surface area contributed by atoms with Crippen molar-refractivity contribution in [1.82, 2.24) is 5.09 Å². The van der Waals surface area contributed by atoms with E-state index < -0.39 is 31.4 Å². The number of benzene rings is 2. The van der Waals surface area contributed by atoms with Gasteiger partial charge in [-0.15, -0.1) is 11.3 Å². The molecule has 2 aromatic carbocycles.